The molecule has 13 heteroatoms. The molecule has 0 atom stereocenters. The van der Waals surface area contributed by atoms with Crippen molar-refractivity contribution in [1.29, 1.82) is 0 Å². The van der Waals surface area contributed by atoms with Crippen molar-refractivity contribution >= 4 is 33.0 Å². The molecule has 1 fully saturated rings. The molecule has 0 spiro atoms. The first-order chi connectivity index (χ1) is 17.8. The number of rotatable bonds is 12. The summed E-state index contributed by atoms with van der Waals surface area (Å²) in [5, 5.41) is 3.15. The van der Waals surface area contributed by atoms with Gasteiger partial charge >= 0.3 is 0 Å². The van der Waals surface area contributed by atoms with Gasteiger partial charge in [0.25, 0.3) is 5.91 Å². The summed E-state index contributed by atoms with van der Waals surface area (Å²) in [6.07, 6.45) is 11.5. The lowest BCUT2D eigenvalue weighted by atomic mass is 10.3. The number of carbonyl (C=O) groups excluding carboxylic acids is 1. The second kappa shape index (κ2) is 14.0. The molecule has 1 saturated carbocycles. The van der Waals surface area contributed by atoms with Gasteiger partial charge < -0.3 is 15.0 Å². The standard InChI is InChI=1S/C16H23N5O2S.C8H10N2O2S.2H2/c1-4-23-14-11-17-9-12(20-14)13-10-19-16(24-13)15(22)18-7-5-6-8-21(2)3;11-13(12,8-1-2-8)10-7-3-5-9-6-4-7;;/h9-11H,4-8H2,1-3H3,(H,18,22);3-6,8H,1-2H2,(H,9,10);2*1H. The number of pyridine rings is 1. The van der Waals surface area contributed by atoms with Gasteiger partial charge in [-0.3, -0.25) is 19.5 Å². The van der Waals surface area contributed by atoms with Gasteiger partial charge in [0.1, 0.15) is 5.69 Å². The van der Waals surface area contributed by atoms with E-state index in [-0.39, 0.29) is 14.0 Å². The molecule has 3 aromatic rings. The fourth-order valence-electron chi connectivity index (χ4n) is 3.06. The van der Waals surface area contributed by atoms with Crippen LogP contribution in [0.3, 0.4) is 0 Å². The Bertz CT molecular complexity index is 1240. The van der Waals surface area contributed by atoms with Crippen molar-refractivity contribution in [2.75, 3.05) is 38.5 Å². The Morgan fingerprint density at radius 3 is 2.59 bits per heavy atom. The topological polar surface area (TPSA) is 139 Å². The van der Waals surface area contributed by atoms with E-state index in [1.54, 1.807) is 43.1 Å². The molecular formula is C24H37N7O4S2. The summed E-state index contributed by atoms with van der Waals surface area (Å²) in [5.74, 6) is 0.320. The Hall–Kier alpha value is -3.16. The molecule has 2 N–H and O–H groups in total. The highest BCUT2D eigenvalue weighted by Crippen LogP contribution is 2.29. The summed E-state index contributed by atoms with van der Waals surface area (Å²) in [5.41, 5.74) is 1.24. The Balaban J connectivity index is 0.000000430. The Morgan fingerprint density at radius 2 is 1.92 bits per heavy atom. The van der Waals surface area contributed by atoms with Crippen molar-refractivity contribution in [3.8, 4) is 16.5 Å². The molecule has 37 heavy (non-hydrogen) atoms. The van der Waals surface area contributed by atoms with Crippen LogP contribution in [0.5, 0.6) is 5.88 Å². The Labute approximate surface area is 224 Å². The predicted molar refractivity (Wildman–Crippen MR) is 148 cm³/mol. The van der Waals surface area contributed by atoms with Crippen LogP contribution in [0.15, 0.2) is 43.1 Å². The Kier molecular flexibility index (Phi) is 10.7. The highest BCUT2D eigenvalue weighted by Gasteiger charge is 2.35. The number of nitrogens with one attached hydrogen (secondary N) is 2. The molecule has 1 aliphatic rings. The molecule has 3 aromatic heterocycles. The zero-order valence-corrected chi connectivity index (χ0v) is 22.9. The summed E-state index contributed by atoms with van der Waals surface area (Å²) in [7, 11) is 0.964. The first kappa shape index (κ1) is 28.4. The van der Waals surface area contributed by atoms with E-state index in [4.69, 9.17) is 4.74 Å². The second-order valence-corrected chi connectivity index (χ2v) is 11.5. The monoisotopic (exact) mass is 551 g/mol. The molecule has 0 unspecified atom stereocenters. The number of sulfonamides is 1. The van der Waals surface area contributed by atoms with Crippen molar-refractivity contribution in [2.24, 2.45) is 0 Å². The number of hydrogen-bond acceptors (Lipinski definition) is 10. The highest BCUT2D eigenvalue weighted by atomic mass is 32.2. The van der Waals surface area contributed by atoms with Crippen LogP contribution in [-0.2, 0) is 10.0 Å². The lowest BCUT2D eigenvalue weighted by Gasteiger charge is -2.08. The minimum Gasteiger partial charge on any atom is -0.477 e. The summed E-state index contributed by atoms with van der Waals surface area (Å²) in [6.45, 7) is 4.09. The summed E-state index contributed by atoms with van der Waals surface area (Å²) < 4.78 is 30.7. The van der Waals surface area contributed by atoms with Crippen LogP contribution >= 0.6 is 11.3 Å². The van der Waals surface area contributed by atoms with E-state index in [9.17, 15) is 13.2 Å². The van der Waals surface area contributed by atoms with Crippen molar-refractivity contribution < 1.29 is 20.8 Å². The summed E-state index contributed by atoms with van der Waals surface area (Å²) in [6, 6.07) is 3.28. The molecule has 0 saturated heterocycles. The third-order valence-electron chi connectivity index (χ3n) is 5.08. The maximum atomic E-state index is 12.1. The average molecular weight is 552 g/mol. The minimum atomic E-state index is -3.12. The number of unbranched alkanes of at least 4 members (excludes halogenated alkanes) is 1. The molecule has 1 amide bonds. The molecular weight excluding hydrogens is 514 g/mol. The van der Waals surface area contributed by atoms with Crippen LogP contribution in [0.25, 0.3) is 10.6 Å². The van der Waals surface area contributed by atoms with E-state index >= 15 is 0 Å². The number of anilines is 1. The van der Waals surface area contributed by atoms with E-state index in [2.05, 4.69) is 34.9 Å². The van der Waals surface area contributed by atoms with Gasteiger partial charge in [-0.05, 0) is 65.4 Å². The molecule has 204 valence electrons. The quantitative estimate of drug-likeness (QED) is 0.323. The van der Waals surface area contributed by atoms with Gasteiger partial charge in [-0.1, -0.05) is 0 Å². The Morgan fingerprint density at radius 1 is 1.16 bits per heavy atom. The highest BCUT2D eigenvalue weighted by molar-refractivity contribution is 7.93. The number of carbonyl (C=O) groups is 1. The fourth-order valence-corrected chi connectivity index (χ4v) is 5.23. The molecule has 0 aliphatic heterocycles. The van der Waals surface area contributed by atoms with Crippen LogP contribution in [0.4, 0.5) is 5.69 Å². The second-order valence-electron chi connectivity index (χ2n) is 8.55. The van der Waals surface area contributed by atoms with Crippen molar-refractivity contribution in [3.05, 3.63) is 48.1 Å². The molecule has 4 rings (SSSR count). The van der Waals surface area contributed by atoms with E-state index < -0.39 is 10.0 Å². The van der Waals surface area contributed by atoms with Crippen molar-refractivity contribution in [3.63, 3.8) is 0 Å². The van der Waals surface area contributed by atoms with E-state index in [1.165, 1.54) is 11.3 Å². The summed E-state index contributed by atoms with van der Waals surface area (Å²) in [4.78, 5) is 31.5. The van der Waals surface area contributed by atoms with Gasteiger partial charge in [0.2, 0.25) is 15.9 Å². The van der Waals surface area contributed by atoms with Gasteiger partial charge in [-0.15, -0.1) is 11.3 Å². The van der Waals surface area contributed by atoms with Crippen LogP contribution in [0.2, 0.25) is 0 Å². The van der Waals surface area contributed by atoms with Gasteiger partial charge in [0, 0.05) is 28.0 Å². The normalized spacial score (nSPS) is 13.0. The maximum absolute atomic E-state index is 12.1. The number of nitrogens with zero attached hydrogens (tertiary/aromatic N) is 5. The van der Waals surface area contributed by atoms with E-state index in [0.717, 1.165) is 37.1 Å². The SMILES string of the molecule is CCOc1cncc(-c2cnc(C(=O)NCCCCN(C)C)s2)n1.O=S(=O)(Nc1ccncc1)C1CC1.[HH].[HH]. The zero-order chi connectivity index (χ0) is 26.7. The summed E-state index contributed by atoms with van der Waals surface area (Å²) >= 11 is 1.30. The number of thiazole rings is 1. The average Bonchev–Trinajstić information content (AvgIpc) is 3.63. The van der Waals surface area contributed by atoms with Gasteiger partial charge in [0.05, 0.1) is 34.8 Å². The molecule has 0 bridgehead atoms. The largest absolute Gasteiger partial charge is 0.477 e. The molecule has 1 aliphatic carbocycles. The molecule has 0 radical (unpaired) electrons. The fraction of sp³-hybridized carbons (Fsp3) is 0.458. The molecule has 11 nitrogen and oxygen atoms in total. The van der Waals surface area contributed by atoms with Crippen LogP contribution in [-0.4, -0.2) is 78.2 Å². The number of aromatic nitrogens is 4. The van der Waals surface area contributed by atoms with Gasteiger partial charge in [-0.2, -0.15) is 0 Å². The van der Waals surface area contributed by atoms with Crippen LogP contribution in [0, 0.1) is 0 Å². The van der Waals surface area contributed by atoms with Crippen LogP contribution < -0.4 is 14.8 Å². The number of hydrogen-bond donors (Lipinski definition) is 2. The predicted octanol–water partition coefficient (Wildman–Crippen LogP) is 3.55. The third kappa shape index (κ3) is 9.67. The van der Waals surface area contributed by atoms with E-state index in [1.807, 2.05) is 21.0 Å². The van der Waals surface area contributed by atoms with Crippen molar-refractivity contribution in [2.45, 2.75) is 37.9 Å². The lowest BCUT2D eigenvalue weighted by molar-refractivity contribution is 0.0952. The number of ether oxygens (including phenoxy) is 1. The molecule has 3 heterocycles. The van der Waals surface area contributed by atoms with Crippen LogP contribution in [0.1, 0.15) is 45.3 Å². The van der Waals surface area contributed by atoms with Gasteiger partial charge in [-0.25, -0.2) is 18.4 Å². The smallest absolute Gasteiger partial charge is 0.280 e. The minimum absolute atomic E-state index is 0. The molecule has 0 aromatic carbocycles. The van der Waals surface area contributed by atoms with E-state index in [0.29, 0.717) is 35.4 Å². The van der Waals surface area contributed by atoms with Crippen molar-refractivity contribution in [1.82, 2.24) is 30.2 Å². The maximum Gasteiger partial charge on any atom is 0.280 e. The first-order valence-corrected chi connectivity index (χ1v) is 14.4. The lowest BCUT2D eigenvalue weighted by Crippen LogP contribution is -2.25. The van der Waals surface area contributed by atoms with Gasteiger partial charge in [0.15, 0.2) is 5.01 Å². The number of amides is 1. The first-order valence-electron chi connectivity index (χ1n) is 12.0. The zero-order valence-electron chi connectivity index (χ0n) is 21.3. The third-order valence-corrected chi connectivity index (χ3v) is 7.97.